The Kier molecular flexibility index (Phi) is 9.24. The van der Waals surface area contributed by atoms with Crippen LogP contribution >= 0.6 is 0 Å². The van der Waals surface area contributed by atoms with Crippen LogP contribution in [0.5, 0.6) is 5.75 Å². The lowest BCUT2D eigenvalue weighted by atomic mass is 10.2. The van der Waals surface area contributed by atoms with Crippen LogP contribution in [0, 0.1) is 0 Å². The van der Waals surface area contributed by atoms with Crippen LogP contribution in [0.1, 0.15) is 30.6 Å². The van der Waals surface area contributed by atoms with Gasteiger partial charge >= 0.3 is 5.97 Å². The van der Waals surface area contributed by atoms with Crippen LogP contribution in [0.4, 0.5) is 0 Å². The van der Waals surface area contributed by atoms with E-state index in [0.29, 0.717) is 44.3 Å². The zero-order chi connectivity index (χ0) is 15.3. The molecule has 0 fully saturated rings. The number of hydrogen-bond donors (Lipinski definition) is 0. The number of benzene rings is 1. The molecule has 0 aliphatic carbocycles. The topological polar surface area (TPSA) is 54.0 Å². The number of para-hydroxylation sites is 1. The molecule has 0 aliphatic rings. The van der Waals surface area contributed by atoms with Gasteiger partial charge in [-0.1, -0.05) is 19.1 Å². The molecule has 1 aromatic rings. The summed E-state index contributed by atoms with van der Waals surface area (Å²) in [6.07, 6.45) is 1.01. The lowest BCUT2D eigenvalue weighted by Crippen LogP contribution is -2.13. The lowest BCUT2D eigenvalue weighted by Gasteiger charge is -2.11. The summed E-state index contributed by atoms with van der Waals surface area (Å²) >= 11 is 0. The number of hydrogen-bond acceptors (Lipinski definition) is 5. The fraction of sp³-hybridized carbons (Fsp3) is 0.562. The summed E-state index contributed by atoms with van der Waals surface area (Å²) in [5.74, 6) is 0.142. The summed E-state index contributed by atoms with van der Waals surface area (Å²) in [7, 11) is 0. The van der Waals surface area contributed by atoms with Gasteiger partial charge in [0.05, 0.1) is 26.4 Å². The molecule has 1 rings (SSSR count). The normalized spacial score (nSPS) is 10.4. The first-order valence-corrected chi connectivity index (χ1v) is 7.34. The van der Waals surface area contributed by atoms with Gasteiger partial charge in [0.2, 0.25) is 0 Å². The van der Waals surface area contributed by atoms with E-state index in [1.165, 1.54) is 0 Å². The molecule has 118 valence electrons. The Balaban J connectivity index is 2.27. The van der Waals surface area contributed by atoms with Gasteiger partial charge in [-0.2, -0.15) is 0 Å². The molecule has 0 N–H and O–H groups in total. The maximum atomic E-state index is 11.8. The standard InChI is InChI=1S/C16H24O5/c1-3-9-18-10-11-19-12-13-21-15-8-6-5-7-14(15)16(17)20-4-2/h5-8H,3-4,9-13H2,1-2H3. The summed E-state index contributed by atoms with van der Waals surface area (Å²) in [6.45, 7) is 6.90. The molecule has 5 nitrogen and oxygen atoms in total. The fourth-order valence-corrected chi connectivity index (χ4v) is 1.65. The van der Waals surface area contributed by atoms with Crippen molar-refractivity contribution in [2.24, 2.45) is 0 Å². The Labute approximate surface area is 126 Å². The predicted octanol–water partition coefficient (Wildman–Crippen LogP) is 2.69. The van der Waals surface area contributed by atoms with E-state index in [1.807, 2.05) is 6.07 Å². The second-order valence-electron chi connectivity index (χ2n) is 4.29. The highest BCUT2D eigenvalue weighted by Crippen LogP contribution is 2.18. The number of ether oxygens (including phenoxy) is 4. The van der Waals surface area contributed by atoms with Crippen molar-refractivity contribution in [2.45, 2.75) is 20.3 Å². The summed E-state index contributed by atoms with van der Waals surface area (Å²) in [6, 6.07) is 7.03. The Bertz CT molecular complexity index is 405. The fourth-order valence-electron chi connectivity index (χ4n) is 1.65. The molecule has 1 aromatic carbocycles. The molecule has 0 aliphatic heterocycles. The van der Waals surface area contributed by atoms with E-state index in [0.717, 1.165) is 13.0 Å². The van der Waals surface area contributed by atoms with E-state index >= 15 is 0 Å². The maximum absolute atomic E-state index is 11.8. The minimum Gasteiger partial charge on any atom is -0.490 e. The van der Waals surface area contributed by atoms with Gasteiger partial charge in [0, 0.05) is 6.61 Å². The zero-order valence-corrected chi connectivity index (χ0v) is 12.8. The van der Waals surface area contributed by atoms with E-state index in [2.05, 4.69) is 6.92 Å². The molecule has 0 saturated heterocycles. The first-order valence-electron chi connectivity index (χ1n) is 7.34. The van der Waals surface area contributed by atoms with Gasteiger partial charge in [-0.3, -0.25) is 0 Å². The SMILES string of the molecule is CCCOCCOCCOc1ccccc1C(=O)OCC. The predicted molar refractivity (Wildman–Crippen MR) is 79.8 cm³/mol. The summed E-state index contributed by atoms with van der Waals surface area (Å²) < 4.78 is 21.2. The molecule has 0 spiro atoms. The van der Waals surface area contributed by atoms with Crippen LogP contribution in [-0.2, 0) is 14.2 Å². The van der Waals surface area contributed by atoms with Crippen molar-refractivity contribution in [1.29, 1.82) is 0 Å². The van der Waals surface area contributed by atoms with E-state index in [9.17, 15) is 4.79 Å². The van der Waals surface area contributed by atoms with Gasteiger partial charge in [0.25, 0.3) is 0 Å². The van der Waals surface area contributed by atoms with E-state index < -0.39 is 0 Å². The lowest BCUT2D eigenvalue weighted by molar-refractivity contribution is 0.0359. The molecule has 0 aromatic heterocycles. The highest BCUT2D eigenvalue weighted by Gasteiger charge is 2.12. The van der Waals surface area contributed by atoms with Crippen molar-refractivity contribution < 1.29 is 23.7 Å². The molecule has 0 amide bonds. The largest absolute Gasteiger partial charge is 0.490 e. The van der Waals surface area contributed by atoms with Crippen LogP contribution in [0.15, 0.2) is 24.3 Å². The quantitative estimate of drug-likeness (QED) is 0.464. The van der Waals surface area contributed by atoms with Crippen LogP contribution in [0.25, 0.3) is 0 Å². The van der Waals surface area contributed by atoms with Crippen molar-refractivity contribution in [1.82, 2.24) is 0 Å². The van der Waals surface area contributed by atoms with Gasteiger partial charge < -0.3 is 18.9 Å². The maximum Gasteiger partial charge on any atom is 0.341 e. The average molecular weight is 296 g/mol. The van der Waals surface area contributed by atoms with Crippen molar-refractivity contribution in [3.63, 3.8) is 0 Å². The van der Waals surface area contributed by atoms with Crippen molar-refractivity contribution in [3.8, 4) is 5.75 Å². The van der Waals surface area contributed by atoms with E-state index in [1.54, 1.807) is 25.1 Å². The molecule has 0 radical (unpaired) electrons. The average Bonchev–Trinajstić information content (AvgIpc) is 2.50. The number of rotatable bonds is 11. The minimum atomic E-state index is -0.373. The Hall–Kier alpha value is -1.59. The third-order valence-corrected chi connectivity index (χ3v) is 2.59. The third kappa shape index (κ3) is 7.11. The highest BCUT2D eigenvalue weighted by atomic mass is 16.5. The molecular formula is C16H24O5. The van der Waals surface area contributed by atoms with Crippen LogP contribution in [-0.4, -0.2) is 45.6 Å². The number of esters is 1. The summed E-state index contributed by atoms with van der Waals surface area (Å²) in [5, 5.41) is 0. The highest BCUT2D eigenvalue weighted by molar-refractivity contribution is 5.92. The van der Waals surface area contributed by atoms with E-state index in [-0.39, 0.29) is 5.97 Å². The van der Waals surface area contributed by atoms with Crippen LogP contribution in [0.3, 0.4) is 0 Å². The van der Waals surface area contributed by atoms with Gasteiger partial charge in [-0.15, -0.1) is 0 Å². The molecule has 21 heavy (non-hydrogen) atoms. The van der Waals surface area contributed by atoms with Gasteiger partial charge in [0.15, 0.2) is 0 Å². The number of carbonyl (C=O) groups is 1. The monoisotopic (exact) mass is 296 g/mol. The molecule has 0 saturated carbocycles. The Morgan fingerprint density at radius 3 is 2.33 bits per heavy atom. The first-order chi connectivity index (χ1) is 10.3. The van der Waals surface area contributed by atoms with E-state index in [4.69, 9.17) is 18.9 Å². The smallest absolute Gasteiger partial charge is 0.341 e. The van der Waals surface area contributed by atoms with Gasteiger partial charge in [-0.05, 0) is 25.5 Å². The first kappa shape index (κ1) is 17.5. The van der Waals surface area contributed by atoms with Crippen molar-refractivity contribution in [3.05, 3.63) is 29.8 Å². The third-order valence-electron chi connectivity index (χ3n) is 2.59. The van der Waals surface area contributed by atoms with Gasteiger partial charge in [0.1, 0.15) is 17.9 Å². The molecule has 5 heteroatoms. The molecule has 0 heterocycles. The summed E-state index contributed by atoms with van der Waals surface area (Å²) in [5.41, 5.74) is 0.436. The molecular weight excluding hydrogens is 272 g/mol. The number of carbonyl (C=O) groups excluding carboxylic acids is 1. The van der Waals surface area contributed by atoms with Crippen LogP contribution < -0.4 is 4.74 Å². The Morgan fingerprint density at radius 1 is 0.952 bits per heavy atom. The molecule has 0 unspecified atom stereocenters. The second kappa shape index (κ2) is 11.1. The molecule has 0 bridgehead atoms. The Morgan fingerprint density at radius 2 is 1.62 bits per heavy atom. The van der Waals surface area contributed by atoms with Crippen molar-refractivity contribution >= 4 is 5.97 Å². The zero-order valence-electron chi connectivity index (χ0n) is 12.8. The van der Waals surface area contributed by atoms with Crippen molar-refractivity contribution in [2.75, 3.05) is 39.6 Å². The molecule has 0 atom stereocenters. The summed E-state index contributed by atoms with van der Waals surface area (Å²) in [4.78, 5) is 11.8. The second-order valence-corrected chi connectivity index (χ2v) is 4.29. The minimum absolute atomic E-state index is 0.341. The van der Waals surface area contributed by atoms with Crippen LogP contribution in [0.2, 0.25) is 0 Å². The van der Waals surface area contributed by atoms with Gasteiger partial charge in [-0.25, -0.2) is 4.79 Å².